The summed E-state index contributed by atoms with van der Waals surface area (Å²) < 4.78 is 6.64. The molecule has 0 aromatic heterocycles. The molecular weight excluding hydrogens is 758 g/mol. The number of nitrogens with two attached hydrogens (primary N) is 1. The lowest BCUT2D eigenvalue weighted by Gasteiger charge is -2.40. The molecule has 0 spiro atoms. The first-order valence-corrected chi connectivity index (χ1v) is 18.8. The number of ketones is 1. The van der Waals surface area contributed by atoms with Gasteiger partial charge in [0, 0.05) is 84.5 Å². The van der Waals surface area contributed by atoms with Gasteiger partial charge >= 0.3 is 6.03 Å². The quantitative estimate of drug-likeness (QED) is 0.258. The van der Waals surface area contributed by atoms with Crippen molar-refractivity contribution in [2.45, 2.75) is 56.7 Å². The maximum absolute atomic E-state index is 14.0. The van der Waals surface area contributed by atoms with Gasteiger partial charge in [-0.25, -0.2) is 4.79 Å². The summed E-state index contributed by atoms with van der Waals surface area (Å²) in [7, 11) is 0. The molecule has 2 aromatic rings. The number of amides is 4. The number of nitrogens with zero attached hydrogens (tertiary/aromatic N) is 4. The van der Waals surface area contributed by atoms with Gasteiger partial charge in [0.25, 0.3) is 0 Å². The van der Waals surface area contributed by atoms with Crippen LogP contribution in [0.25, 0.3) is 0 Å². The number of carbonyl (C=O) groups excluding carboxylic acids is 4. The Kier molecular flexibility index (Phi) is 11.9. The Labute approximate surface area is 304 Å². The Morgan fingerprint density at radius 3 is 2.27 bits per heavy atom. The Morgan fingerprint density at radius 1 is 0.918 bits per heavy atom. The van der Waals surface area contributed by atoms with Gasteiger partial charge in [-0.05, 0) is 87.7 Å². The van der Waals surface area contributed by atoms with Crippen molar-refractivity contribution in [1.82, 2.24) is 24.9 Å². The fourth-order valence-electron chi connectivity index (χ4n) is 7.43. The van der Waals surface area contributed by atoms with Crippen LogP contribution in [-0.2, 0) is 20.7 Å². The summed E-state index contributed by atoms with van der Waals surface area (Å²) >= 11 is 6.81. The van der Waals surface area contributed by atoms with Crippen molar-refractivity contribution in [2.75, 3.05) is 76.6 Å². The van der Waals surface area contributed by atoms with E-state index in [-0.39, 0.29) is 42.6 Å². The second kappa shape index (κ2) is 16.3. The third kappa shape index (κ3) is 8.83. The van der Waals surface area contributed by atoms with Crippen molar-refractivity contribution in [3.05, 3.63) is 56.5 Å². The molecule has 4 amide bonds. The number of hydrogen-bond acceptors (Lipinski definition) is 8. The minimum absolute atomic E-state index is 0.0158. The SMILES string of the molecule is Nc1c(Br)cc(C(=O)C[C@H](NC(=O)CN2CCC(N3CCOCC3)CC2)C(=O)N2CCC(N3CCc4ccccc4NC3=O)CC2)cc1Br. The number of para-hydroxylation sites is 1. The number of hydrogen-bond donors (Lipinski definition) is 3. The number of carbonyl (C=O) groups is 4. The van der Waals surface area contributed by atoms with Gasteiger partial charge in [0.1, 0.15) is 6.04 Å². The minimum Gasteiger partial charge on any atom is -0.397 e. The fraction of sp³-hybridized carbons (Fsp3) is 0.543. The summed E-state index contributed by atoms with van der Waals surface area (Å²) in [6.45, 7) is 6.63. The van der Waals surface area contributed by atoms with E-state index in [4.69, 9.17) is 10.5 Å². The molecule has 3 saturated heterocycles. The molecule has 264 valence electrons. The number of anilines is 2. The first kappa shape index (κ1) is 35.8. The highest BCUT2D eigenvalue weighted by atomic mass is 79.9. The molecule has 3 fully saturated rings. The van der Waals surface area contributed by atoms with Gasteiger partial charge in [-0.3, -0.25) is 24.2 Å². The number of ether oxygens (including phenoxy) is 1. The van der Waals surface area contributed by atoms with Gasteiger partial charge in [0.05, 0.1) is 25.4 Å². The zero-order valence-electron chi connectivity index (χ0n) is 27.7. The minimum atomic E-state index is -1.02. The zero-order valence-corrected chi connectivity index (χ0v) is 30.8. The number of urea groups is 1. The number of morpholine rings is 1. The molecule has 0 bridgehead atoms. The Hall–Kier alpha value is -3.04. The molecule has 0 unspecified atom stereocenters. The summed E-state index contributed by atoms with van der Waals surface area (Å²) in [5, 5.41) is 5.98. The van der Waals surface area contributed by atoms with E-state index in [1.54, 1.807) is 17.0 Å². The van der Waals surface area contributed by atoms with Crippen molar-refractivity contribution < 1.29 is 23.9 Å². The largest absolute Gasteiger partial charge is 0.397 e. The number of rotatable bonds is 9. The Balaban J connectivity index is 1.08. The Bertz CT molecular complexity index is 1510. The van der Waals surface area contributed by atoms with Crippen LogP contribution in [-0.4, -0.2) is 127 Å². The number of likely N-dealkylation sites (tertiary alicyclic amines) is 2. The van der Waals surface area contributed by atoms with Gasteiger partial charge < -0.3 is 30.9 Å². The number of piperidine rings is 2. The number of halogens is 2. The average molecular weight is 804 g/mol. The highest BCUT2D eigenvalue weighted by Crippen LogP contribution is 2.31. The number of benzene rings is 2. The van der Waals surface area contributed by atoms with E-state index in [1.807, 2.05) is 29.2 Å². The lowest BCUT2D eigenvalue weighted by molar-refractivity contribution is -0.138. The number of fused-ring (bicyclic) bond motifs is 1. The topological polar surface area (TPSA) is 141 Å². The van der Waals surface area contributed by atoms with E-state index in [2.05, 4.69) is 52.3 Å². The number of Topliss-reactive ketones (excluding diaryl/α,β-unsaturated/α-hetero) is 1. The van der Waals surface area contributed by atoms with Crippen LogP contribution in [0.2, 0.25) is 0 Å². The van der Waals surface area contributed by atoms with Crippen LogP contribution in [0.15, 0.2) is 45.3 Å². The molecule has 0 saturated carbocycles. The van der Waals surface area contributed by atoms with Crippen molar-refractivity contribution in [1.29, 1.82) is 0 Å². The van der Waals surface area contributed by atoms with Crippen LogP contribution < -0.4 is 16.4 Å². The molecule has 1 atom stereocenters. The Morgan fingerprint density at radius 2 is 1.57 bits per heavy atom. The van der Waals surface area contributed by atoms with Crippen LogP contribution in [0.1, 0.15) is 48.0 Å². The molecule has 4 heterocycles. The van der Waals surface area contributed by atoms with Crippen LogP contribution in [0.3, 0.4) is 0 Å². The second-order valence-electron chi connectivity index (χ2n) is 13.3. The van der Waals surface area contributed by atoms with E-state index in [0.29, 0.717) is 58.7 Å². The molecule has 2 aromatic carbocycles. The highest BCUT2D eigenvalue weighted by molar-refractivity contribution is 9.11. The molecule has 12 nitrogen and oxygen atoms in total. The predicted molar refractivity (Wildman–Crippen MR) is 194 cm³/mol. The van der Waals surface area contributed by atoms with Gasteiger partial charge in [0.15, 0.2) is 5.78 Å². The maximum atomic E-state index is 14.0. The van der Waals surface area contributed by atoms with Crippen LogP contribution in [0.4, 0.5) is 16.2 Å². The van der Waals surface area contributed by atoms with Crippen molar-refractivity contribution in [3.63, 3.8) is 0 Å². The summed E-state index contributed by atoms with van der Waals surface area (Å²) in [4.78, 5) is 62.4. The summed E-state index contributed by atoms with van der Waals surface area (Å²) in [5.74, 6) is -0.833. The molecule has 6 rings (SSSR count). The maximum Gasteiger partial charge on any atom is 0.322 e. The molecule has 4 N–H and O–H groups in total. The molecule has 0 aliphatic carbocycles. The first-order chi connectivity index (χ1) is 23.7. The number of nitrogen functional groups attached to an aromatic ring is 1. The third-order valence-electron chi connectivity index (χ3n) is 10.3. The van der Waals surface area contributed by atoms with Crippen molar-refractivity contribution in [3.8, 4) is 0 Å². The average Bonchev–Trinajstić information content (AvgIpc) is 3.28. The third-order valence-corrected chi connectivity index (χ3v) is 11.6. The summed E-state index contributed by atoms with van der Waals surface area (Å²) in [6.07, 6.45) is 3.75. The predicted octanol–water partition coefficient (Wildman–Crippen LogP) is 3.73. The standard InChI is InChI=1S/C35H45Br2N7O5/c36-27-19-24(20-28(37)33(27)38)31(45)21-30(39-32(46)22-41-10-6-25(7-11-41)42-15-17-49-18-16-42)34(47)43-12-8-26(9-13-43)44-14-5-23-3-1-2-4-29(23)40-35(44)48/h1-4,19-20,25-26,30H,5-18,21-22,38H2,(H,39,46)(H,40,48)/t30-/m0/s1. The van der Waals surface area contributed by atoms with Gasteiger partial charge in [-0.15, -0.1) is 0 Å². The van der Waals surface area contributed by atoms with E-state index in [1.165, 1.54) is 0 Å². The zero-order chi connectivity index (χ0) is 34.5. The van der Waals surface area contributed by atoms with Gasteiger partial charge in [-0.2, -0.15) is 0 Å². The van der Waals surface area contributed by atoms with E-state index < -0.39 is 6.04 Å². The van der Waals surface area contributed by atoms with Gasteiger partial charge in [-0.1, -0.05) is 18.2 Å². The van der Waals surface area contributed by atoms with Crippen LogP contribution >= 0.6 is 31.9 Å². The summed E-state index contributed by atoms with van der Waals surface area (Å²) in [5.41, 5.74) is 8.85. The number of nitrogens with one attached hydrogen (secondary N) is 2. The van der Waals surface area contributed by atoms with Crippen LogP contribution in [0.5, 0.6) is 0 Å². The van der Waals surface area contributed by atoms with Gasteiger partial charge in [0.2, 0.25) is 11.8 Å². The van der Waals surface area contributed by atoms with E-state index in [0.717, 1.165) is 69.9 Å². The lowest BCUT2D eigenvalue weighted by Crippen LogP contribution is -2.56. The van der Waals surface area contributed by atoms with Crippen molar-refractivity contribution in [2.24, 2.45) is 0 Å². The van der Waals surface area contributed by atoms with Crippen molar-refractivity contribution >= 4 is 66.9 Å². The normalized spacial score (nSPS) is 20.7. The molecule has 4 aliphatic rings. The lowest BCUT2D eigenvalue weighted by atomic mass is 9.99. The highest BCUT2D eigenvalue weighted by Gasteiger charge is 2.35. The molecule has 49 heavy (non-hydrogen) atoms. The second-order valence-corrected chi connectivity index (χ2v) is 15.1. The van der Waals surface area contributed by atoms with Crippen LogP contribution in [0, 0.1) is 0 Å². The molecular formula is C35H45Br2N7O5. The van der Waals surface area contributed by atoms with E-state index >= 15 is 0 Å². The fourth-order valence-corrected chi connectivity index (χ4v) is 8.62. The molecule has 4 aliphatic heterocycles. The first-order valence-electron chi connectivity index (χ1n) is 17.2. The smallest absolute Gasteiger partial charge is 0.322 e. The van der Waals surface area contributed by atoms with E-state index in [9.17, 15) is 19.2 Å². The monoisotopic (exact) mass is 801 g/mol. The molecule has 0 radical (unpaired) electrons. The summed E-state index contributed by atoms with van der Waals surface area (Å²) in [6, 6.07) is 10.5. The molecule has 14 heteroatoms.